The van der Waals surface area contributed by atoms with Crippen molar-refractivity contribution in [2.75, 3.05) is 19.0 Å². The first-order valence-electron chi connectivity index (χ1n) is 5.65. The van der Waals surface area contributed by atoms with Gasteiger partial charge in [0.05, 0.1) is 13.2 Å². The van der Waals surface area contributed by atoms with Crippen molar-refractivity contribution in [3.8, 4) is 0 Å². The van der Waals surface area contributed by atoms with E-state index in [1.54, 1.807) is 11.8 Å². The van der Waals surface area contributed by atoms with Crippen molar-refractivity contribution in [3.63, 3.8) is 0 Å². The molecule has 1 aliphatic heterocycles. The molecular weight excluding hydrogens is 226 g/mol. The standard InChI is InChI=1S/C10H17N3O2S/c1-2-3-8-11-10(13-12-8)16-7-4-9-14-5-6-15-9/h9H,2-7H2,1H3,(H,11,12,13). The predicted molar refractivity (Wildman–Crippen MR) is 61.4 cm³/mol. The third kappa shape index (κ3) is 3.47. The number of hydrogen-bond donors (Lipinski definition) is 1. The molecule has 1 aromatic heterocycles. The minimum absolute atomic E-state index is 0.0263. The van der Waals surface area contributed by atoms with E-state index in [9.17, 15) is 0 Å². The molecule has 0 amide bonds. The van der Waals surface area contributed by atoms with Gasteiger partial charge in [-0.2, -0.15) is 0 Å². The Morgan fingerprint density at radius 2 is 2.25 bits per heavy atom. The van der Waals surface area contributed by atoms with Crippen LogP contribution in [0.4, 0.5) is 0 Å². The lowest BCUT2D eigenvalue weighted by Crippen LogP contribution is -2.08. The monoisotopic (exact) mass is 243 g/mol. The Morgan fingerprint density at radius 1 is 1.44 bits per heavy atom. The SMILES string of the molecule is CCCc1nc(SCCC2OCCO2)n[nH]1. The average molecular weight is 243 g/mol. The normalized spacial score (nSPS) is 17.1. The molecule has 0 atom stereocenters. The van der Waals surface area contributed by atoms with Gasteiger partial charge in [0.2, 0.25) is 5.16 Å². The topological polar surface area (TPSA) is 60.0 Å². The summed E-state index contributed by atoms with van der Waals surface area (Å²) >= 11 is 1.64. The third-order valence-corrected chi connectivity index (χ3v) is 3.15. The molecule has 0 aliphatic carbocycles. The summed E-state index contributed by atoms with van der Waals surface area (Å²) in [5, 5.41) is 7.91. The van der Waals surface area contributed by atoms with Crippen LogP contribution in [0.5, 0.6) is 0 Å². The summed E-state index contributed by atoms with van der Waals surface area (Å²) in [5.74, 6) is 1.90. The Morgan fingerprint density at radius 3 is 3.00 bits per heavy atom. The highest BCUT2D eigenvalue weighted by Crippen LogP contribution is 2.17. The van der Waals surface area contributed by atoms with Crippen molar-refractivity contribution >= 4 is 11.8 Å². The zero-order chi connectivity index (χ0) is 11.2. The maximum absolute atomic E-state index is 5.35. The fourth-order valence-corrected chi connectivity index (χ4v) is 2.29. The highest BCUT2D eigenvalue weighted by Gasteiger charge is 2.15. The number of nitrogens with one attached hydrogen (secondary N) is 1. The van der Waals surface area contributed by atoms with Gasteiger partial charge in [-0.3, -0.25) is 5.10 Å². The van der Waals surface area contributed by atoms with E-state index in [-0.39, 0.29) is 6.29 Å². The maximum atomic E-state index is 5.35. The molecule has 0 radical (unpaired) electrons. The third-order valence-electron chi connectivity index (χ3n) is 2.27. The molecule has 1 aromatic rings. The number of ether oxygens (including phenoxy) is 2. The number of aromatic nitrogens is 3. The molecule has 1 aliphatic rings. The van der Waals surface area contributed by atoms with Gasteiger partial charge in [0, 0.05) is 18.6 Å². The summed E-state index contributed by atoms with van der Waals surface area (Å²) in [6.45, 7) is 3.57. The quantitative estimate of drug-likeness (QED) is 0.769. The Labute approximate surface area is 99.3 Å². The lowest BCUT2D eigenvalue weighted by molar-refractivity contribution is -0.0421. The number of nitrogens with zero attached hydrogens (tertiary/aromatic N) is 2. The second-order valence-electron chi connectivity index (χ2n) is 3.62. The van der Waals surface area contributed by atoms with E-state index in [0.717, 1.165) is 49.2 Å². The zero-order valence-corrected chi connectivity index (χ0v) is 10.3. The number of rotatable bonds is 6. The van der Waals surface area contributed by atoms with E-state index in [4.69, 9.17) is 9.47 Å². The van der Waals surface area contributed by atoms with E-state index in [1.807, 2.05) is 0 Å². The van der Waals surface area contributed by atoms with Gasteiger partial charge in [-0.1, -0.05) is 18.7 Å². The zero-order valence-electron chi connectivity index (χ0n) is 9.44. The van der Waals surface area contributed by atoms with Gasteiger partial charge in [0.25, 0.3) is 0 Å². The van der Waals surface area contributed by atoms with Crippen LogP contribution in [-0.2, 0) is 15.9 Å². The molecule has 6 heteroatoms. The highest BCUT2D eigenvalue weighted by atomic mass is 32.2. The van der Waals surface area contributed by atoms with Crippen LogP contribution in [0, 0.1) is 0 Å². The maximum Gasteiger partial charge on any atom is 0.208 e. The molecular formula is C10H17N3O2S. The van der Waals surface area contributed by atoms with E-state index in [2.05, 4.69) is 22.1 Å². The molecule has 0 aromatic carbocycles. The molecule has 2 heterocycles. The van der Waals surface area contributed by atoms with Crippen molar-refractivity contribution in [1.82, 2.24) is 15.2 Å². The smallest absolute Gasteiger partial charge is 0.208 e. The van der Waals surface area contributed by atoms with Crippen LogP contribution in [0.3, 0.4) is 0 Å². The summed E-state index contributed by atoms with van der Waals surface area (Å²) in [4.78, 5) is 4.38. The summed E-state index contributed by atoms with van der Waals surface area (Å²) < 4.78 is 10.7. The van der Waals surface area contributed by atoms with Crippen LogP contribution in [0.1, 0.15) is 25.6 Å². The highest BCUT2D eigenvalue weighted by molar-refractivity contribution is 7.99. The lowest BCUT2D eigenvalue weighted by atomic mass is 10.3. The fraction of sp³-hybridized carbons (Fsp3) is 0.800. The molecule has 16 heavy (non-hydrogen) atoms. The van der Waals surface area contributed by atoms with Gasteiger partial charge in [0.15, 0.2) is 6.29 Å². The Balaban J connectivity index is 1.67. The van der Waals surface area contributed by atoms with Crippen LogP contribution < -0.4 is 0 Å². The largest absolute Gasteiger partial charge is 0.350 e. The molecule has 5 nitrogen and oxygen atoms in total. The van der Waals surface area contributed by atoms with Crippen molar-refractivity contribution in [2.24, 2.45) is 0 Å². The lowest BCUT2D eigenvalue weighted by Gasteiger charge is -2.06. The van der Waals surface area contributed by atoms with Gasteiger partial charge in [0.1, 0.15) is 5.82 Å². The van der Waals surface area contributed by atoms with Crippen molar-refractivity contribution in [2.45, 2.75) is 37.6 Å². The molecule has 0 spiro atoms. The fourth-order valence-electron chi connectivity index (χ4n) is 1.51. The molecule has 0 bridgehead atoms. The summed E-state index contributed by atoms with van der Waals surface area (Å²) in [5.41, 5.74) is 0. The number of aromatic amines is 1. The molecule has 90 valence electrons. The van der Waals surface area contributed by atoms with Crippen LogP contribution in [0.25, 0.3) is 0 Å². The minimum atomic E-state index is -0.0263. The molecule has 1 saturated heterocycles. The van der Waals surface area contributed by atoms with Crippen molar-refractivity contribution in [1.29, 1.82) is 0 Å². The molecule has 1 fully saturated rings. The van der Waals surface area contributed by atoms with Crippen LogP contribution in [0.2, 0.25) is 0 Å². The first kappa shape index (κ1) is 11.9. The summed E-state index contributed by atoms with van der Waals surface area (Å²) in [6.07, 6.45) is 2.91. The van der Waals surface area contributed by atoms with Crippen LogP contribution in [0.15, 0.2) is 5.16 Å². The Hall–Kier alpha value is -0.590. The number of H-pyrrole nitrogens is 1. The molecule has 1 N–H and O–H groups in total. The molecule has 0 saturated carbocycles. The van der Waals surface area contributed by atoms with Gasteiger partial charge < -0.3 is 9.47 Å². The van der Waals surface area contributed by atoms with Gasteiger partial charge in [-0.05, 0) is 6.42 Å². The van der Waals surface area contributed by atoms with Gasteiger partial charge in [-0.25, -0.2) is 4.98 Å². The molecule has 2 rings (SSSR count). The van der Waals surface area contributed by atoms with Crippen molar-refractivity contribution in [3.05, 3.63) is 5.82 Å². The average Bonchev–Trinajstić information content (AvgIpc) is 2.90. The number of aryl methyl sites for hydroxylation is 1. The van der Waals surface area contributed by atoms with Crippen LogP contribution in [-0.4, -0.2) is 40.4 Å². The van der Waals surface area contributed by atoms with Crippen LogP contribution >= 0.6 is 11.8 Å². The number of thioether (sulfide) groups is 1. The van der Waals surface area contributed by atoms with E-state index >= 15 is 0 Å². The van der Waals surface area contributed by atoms with Crippen molar-refractivity contribution < 1.29 is 9.47 Å². The van der Waals surface area contributed by atoms with E-state index in [0.29, 0.717) is 0 Å². The first-order valence-corrected chi connectivity index (χ1v) is 6.64. The summed E-state index contributed by atoms with van der Waals surface area (Å²) in [6, 6.07) is 0. The van der Waals surface area contributed by atoms with E-state index in [1.165, 1.54) is 0 Å². The molecule has 0 unspecified atom stereocenters. The first-order chi connectivity index (χ1) is 7.88. The van der Waals surface area contributed by atoms with Gasteiger partial charge in [-0.15, -0.1) is 5.10 Å². The second kappa shape index (κ2) is 6.22. The van der Waals surface area contributed by atoms with E-state index < -0.39 is 0 Å². The van der Waals surface area contributed by atoms with Gasteiger partial charge >= 0.3 is 0 Å². The second-order valence-corrected chi connectivity index (χ2v) is 4.69. The Kier molecular flexibility index (Phi) is 4.62. The Bertz CT molecular complexity index is 313. The predicted octanol–water partition coefficient (Wildman–Crippen LogP) is 1.61. The minimum Gasteiger partial charge on any atom is -0.350 e. The number of hydrogen-bond acceptors (Lipinski definition) is 5. The summed E-state index contributed by atoms with van der Waals surface area (Å²) in [7, 11) is 0.